The molecule has 1 unspecified atom stereocenters. The van der Waals surface area contributed by atoms with Crippen LogP contribution in [0.5, 0.6) is 0 Å². The predicted molar refractivity (Wildman–Crippen MR) is 99.3 cm³/mol. The van der Waals surface area contributed by atoms with Gasteiger partial charge in [-0.05, 0) is 39.0 Å². The molecule has 2 aromatic heterocycles. The van der Waals surface area contributed by atoms with Crippen LogP contribution in [0.3, 0.4) is 0 Å². The Balaban J connectivity index is 1.92. The minimum absolute atomic E-state index is 0.0373. The number of aryl methyl sites for hydroxylation is 2. The normalized spacial score (nSPS) is 17.2. The number of hydrogen-bond donors (Lipinski definition) is 0. The fraction of sp³-hybridized carbons (Fsp3) is 0.474. The molecule has 3 heterocycles. The van der Waals surface area contributed by atoms with Crippen molar-refractivity contribution in [2.75, 3.05) is 38.3 Å². The number of morpholine rings is 1. The number of ether oxygens (including phenoxy) is 1. The Morgan fingerprint density at radius 3 is 2.73 bits per heavy atom. The van der Waals surface area contributed by atoms with Crippen molar-refractivity contribution in [1.29, 1.82) is 0 Å². The van der Waals surface area contributed by atoms with E-state index in [4.69, 9.17) is 4.74 Å². The molecule has 138 valence electrons. The topological polar surface area (TPSA) is 71.5 Å². The first-order chi connectivity index (χ1) is 12.5. The largest absolute Gasteiger partial charge is 0.377 e. The summed E-state index contributed by atoms with van der Waals surface area (Å²) in [6.45, 7) is 8.13. The number of carbonyl (C=O) groups is 1. The maximum absolute atomic E-state index is 13.1. The molecule has 1 amide bonds. The van der Waals surface area contributed by atoms with Gasteiger partial charge in [0.2, 0.25) is 0 Å². The third kappa shape index (κ3) is 3.83. The van der Waals surface area contributed by atoms with Gasteiger partial charge in [-0.25, -0.2) is 9.97 Å². The van der Waals surface area contributed by atoms with Crippen LogP contribution in [0.2, 0.25) is 0 Å². The summed E-state index contributed by atoms with van der Waals surface area (Å²) < 4.78 is 5.63. The maximum Gasteiger partial charge on any atom is 0.254 e. The highest BCUT2D eigenvalue weighted by molar-refractivity contribution is 5.94. The number of rotatable bonds is 4. The smallest absolute Gasteiger partial charge is 0.254 e. The Kier molecular flexibility index (Phi) is 5.46. The van der Waals surface area contributed by atoms with E-state index < -0.39 is 0 Å². The second-order valence-electron chi connectivity index (χ2n) is 6.52. The van der Waals surface area contributed by atoms with Crippen LogP contribution in [0.15, 0.2) is 24.4 Å². The summed E-state index contributed by atoms with van der Waals surface area (Å²) in [6.07, 6.45) is 1.74. The number of pyridine rings is 1. The first-order valence-corrected chi connectivity index (χ1v) is 8.87. The van der Waals surface area contributed by atoms with Gasteiger partial charge in [-0.1, -0.05) is 0 Å². The monoisotopic (exact) mass is 355 g/mol. The van der Waals surface area contributed by atoms with Crippen molar-refractivity contribution in [2.24, 2.45) is 0 Å². The molecule has 0 bridgehead atoms. The molecule has 0 spiro atoms. The van der Waals surface area contributed by atoms with Crippen LogP contribution in [0.4, 0.5) is 5.82 Å². The van der Waals surface area contributed by atoms with Gasteiger partial charge in [-0.3, -0.25) is 9.78 Å². The highest BCUT2D eigenvalue weighted by Gasteiger charge is 2.31. The van der Waals surface area contributed by atoms with E-state index >= 15 is 0 Å². The van der Waals surface area contributed by atoms with Crippen molar-refractivity contribution < 1.29 is 9.53 Å². The molecule has 0 N–H and O–H groups in total. The van der Waals surface area contributed by atoms with Gasteiger partial charge in [-0.15, -0.1) is 0 Å². The summed E-state index contributed by atoms with van der Waals surface area (Å²) in [5, 5.41) is 0. The van der Waals surface area contributed by atoms with Crippen LogP contribution in [0, 0.1) is 13.8 Å². The average molecular weight is 355 g/mol. The van der Waals surface area contributed by atoms with Crippen molar-refractivity contribution in [3.63, 3.8) is 0 Å². The Hall–Kier alpha value is -2.54. The number of anilines is 1. The zero-order chi connectivity index (χ0) is 18.7. The lowest BCUT2D eigenvalue weighted by atomic mass is 10.1. The van der Waals surface area contributed by atoms with E-state index in [1.54, 1.807) is 6.20 Å². The van der Waals surface area contributed by atoms with Crippen LogP contribution in [-0.4, -0.2) is 59.1 Å². The van der Waals surface area contributed by atoms with Gasteiger partial charge >= 0.3 is 0 Å². The molecule has 0 saturated carbocycles. The van der Waals surface area contributed by atoms with E-state index in [0.29, 0.717) is 31.1 Å². The van der Waals surface area contributed by atoms with Crippen molar-refractivity contribution in [3.05, 3.63) is 47.2 Å². The number of nitrogens with zero attached hydrogens (tertiary/aromatic N) is 5. The lowest BCUT2D eigenvalue weighted by molar-refractivity contribution is -0.00521. The summed E-state index contributed by atoms with van der Waals surface area (Å²) in [7, 11) is 1.98. The zero-order valence-corrected chi connectivity index (χ0v) is 15.8. The second kappa shape index (κ2) is 7.78. The summed E-state index contributed by atoms with van der Waals surface area (Å²) in [5.41, 5.74) is 2.31. The lowest BCUT2D eigenvalue weighted by Gasteiger charge is -2.35. The summed E-state index contributed by atoms with van der Waals surface area (Å²) >= 11 is 0. The summed E-state index contributed by atoms with van der Waals surface area (Å²) in [5.74, 6) is 1.41. The molecule has 1 fully saturated rings. The van der Waals surface area contributed by atoms with Crippen LogP contribution in [0.1, 0.15) is 40.5 Å². The molecule has 0 radical (unpaired) electrons. The van der Waals surface area contributed by atoms with Gasteiger partial charge in [0.25, 0.3) is 5.91 Å². The standard InChI is InChI=1S/C19H25N5O2/c1-5-23(4)17-6-7-20-18(22-17)16-12-26-9-8-24(16)19(25)15-10-13(2)21-14(3)11-15/h6-7,10-11,16H,5,8-9,12H2,1-4H3. The quantitative estimate of drug-likeness (QED) is 0.837. The van der Waals surface area contributed by atoms with E-state index in [-0.39, 0.29) is 11.9 Å². The lowest BCUT2D eigenvalue weighted by Crippen LogP contribution is -2.44. The molecule has 2 aromatic rings. The van der Waals surface area contributed by atoms with E-state index in [0.717, 1.165) is 23.8 Å². The molecule has 0 aliphatic carbocycles. The Morgan fingerprint density at radius 1 is 1.31 bits per heavy atom. The third-order valence-corrected chi connectivity index (χ3v) is 4.54. The Morgan fingerprint density at radius 2 is 2.04 bits per heavy atom. The fourth-order valence-electron chi connectivity index (χ4n) is 3.08. The van der Waals surface area contributed by atoms with E-state index in [2.05, 4.69) is 21.9 Å². The number of aromatic nitrogens is 3. The van der Waals surface area contributed by atoms with Gasteiger partial charge in [0.1, 0.15) is 11.9 Å². The molecule has 1 aliphatic heterocycles. The molecule has 7 nitrogen and oxygen atoms in total. The minimum Gasteiger partial charge on any atom is -0.377 e. The van der Waals surface area contributed by atoms with Gasteiger partial charge in [0.05, 0.1) is 13.2 Å². The molecule has 0 aromatic carbocycles. The molecule has 26 heavy (non-hydrogen) atoms. The minimum atomic E-state index is -0.296. The summed E-state index contributed by atoms with van der Waals surface area (Å²) in [4.78, 5) is 30.4. The Labute approximate surface area is 154 Å². The molecule has 7 heteroatoms. The SMILES string of the molecule is CCN(C)c1ccnc(C2COCCN2C(=O)c2cc(C)nc(C)c2)n1. The van der Waals surface area contributed by atoms with Crippen molar-refractivity contribution >= 4 is 11.7 Å². The van der Waals surface area contributed by atoms with E-state index in [1.807, 2.05) is 48.9 Å². The molecule has 3 rings (SSSR count). The predicted octanol–water partition coefficient (Wildman–Crippen LogP) is 2.16. The number of hydrogen-bond acceptors (Lipinski definition) is 6. The maximum atomic E-state index is 13.1. The van der Waals surface area contributed by atoms with Crippen molar-refractivity contribution in [3.8, 4) is 0 Å². The first kappa shape index (κ1) is 18.3. The van der Waals surface area contributed by atoms with Gasteiger partial charge < -0.3 is 14.5 Å². The average Bonchev–Trinajstić information content (AvgIpc) is 2.66. The van der Waals surface area contributed by atoms with Crippen LogP contribution in [-0.2, 0) is 4.74 Å². The first-order valence-electron chi connectivity index (χ1n) is 8.87. The zero-order valence-electron chi connectivity index (χ0n) is 15.8. The summed E-state index contributed by atoms with van der Waals surface area (Å²) in [6, 6.07) is 5.22. The fourth-order valence-corrected chi connectivity index (χ4v) is 3.08. The molecule has 1 atom stereocenters. The van der Waals surface area contributed by atoms with Crippen molar-refractivity contribution in [1.82, 2.24) is 19.9 Å². The number of carbonyl (C=O) groups excluding carboxylic acids is 1. The Bertz CT molecular complexity index is 775. The van der Waals surface area contributed by atoms with E-state index in [1.165, 1.54) is 0 Å². The van der Waals surface area contributed by atoms with Crippen molar-refractivity contribution in [2.45, 2.75) is 26.8 Å². The third-order valence-electron chi connectivity index (χ3n) is 4.54. The van der Waals surface area contributed by atoms with E-state index in [9.17, 15) is 4.79 Å². The molecule has 1 aliphatic rings. The second-order valence-corrected chi connectivity index (χ2v) is 6.52. The highest BCUT2D eigenvalue weighted by atomic mass is 16.5. The van der Waals surface area contributed by atoms with Crippen LogP contribution in [0.25, 0.3) is 0 Å². The van der Waals surface area contributed by atoms with Crippen LogP contribution >= 0.6 is 0 Å². The van der Waals surface area contributed by atoms with Gasteiger partial charge in [-0.2, -0.15) is 0 Å². The molecule has 1 saturated heterocycles. The molecular formula is C19H25N5O2. The van der Waals surface area contributed by atoms with Crippen LogP contribution < -0.4 is 4.90 Å². The van der Waals surface area contributed by atoms with Gasteiger partial charge in [0, 0.05) is 43.3 Å². The molecular weight excluding hydrogens is 330 g/mol. The number of amides is 1. The van der Waals surface area contributed by atoms with Gasteiger partial charge in [0.15, 0.2) is 5.82 Å². The highest BCUT2D eigenvalue weighted by Crippen LogP contribution is 2.25.